The molecule has 128 valence electrons. The minimum absolute atomic E-state index is 0.0904. The second kappa shape index (κ2) is 10.9. The SMILES string of the molecule is CCOC(=O)CNC(=O)CCCCCNC(=O)OC(C)(C)C. The van der Waals surface area contributed by atoms with Crippen LogP contribution in [0.25, 0.3) is 0 Å². The second-order valence-electron chi connectivity index (χ2n) is 5.82. The first-order valence-electron chi connectivity index (χ1n) is 7.63. The predicted octanol–water partition coefficient (Wildman–Crippen LogP) is 1.75. The van der Waals surface area contributed by atoms with Gasteiger partial charge in [0.1, 0.15) is 12.1 Å². The highest BCUT2D eigenvalue weighted by atomic mass is 16.6. The zero-order valence-corrected chi connectivity index (χ0v) is 14.0. The fourth-order valence-electron chi connectivity index (χ4n) is 1.56. The van der Waals surface area contributed by atoms with E-state index in [-0.39, 0.29) is 12.5 Å². The first-order valence-corrected chi connectivity index (χ1v) is 7.63. The monoisotopic (exact) mass is 316 g/mol. The van der Waals surface area contributed by atoms with Gasteiger partial charge in [-0.05, 0) is 40.5 Å². The van der Waals surface area contributed by atoms with Crippen LogP contribution in [0.1, 0.15) is 53.4 Å². The smallest absolute Gasteiger partial charge is 0.407 e. The summed E-state index contributed by atoms with van der Waals surface area (Å²) in [5.74, 6) is -0.606. The minimum Gasteiger partial charge on any atom is -0.465 e. The van der Waals surface area contributed by atoms with Gasteiger partial charge in [-0.25, -0.2) is 4.79 Å². The lowest BCUT2D eigenvalue weighted by molar-refractivity contribution is -0.143. The summed E-state index contributed by atoms with van der Waals surface area (Å²) < 4.78 is 9.80. The van der Waals surface area contributed by atoms with Gasteiger partial charge in [0.2, 0.25) is 5.91 Å². The quantitative estimate of drug-likeness (QED) is 0.499. The standard InChI is InChI=1S/C15H28N2O5/c1-5-21-13(19)11-17-12(18)9-7-6-8-10-16-14(20)22-15(2,3)4/h5-11H2,1-4H3,(H,16,20)(H,17,18). The lowest BCUT2D eigenvalue weighted by Crippen LogP contribution is -2.33. The summed E-state index contributed by atoms with van der Waals surface area (Å²) in [6, 6.07) is 0. The summed E-state index contributed by atoms with van der Waals surface area (Å²) in [5.41, 5.74) is -0.499. The second-order valence-corrected chi connectivity index (χ2v) is 5.82. The molecule has 0 aromatic rings. The predicted molar refractivity (Wildman–Crippen MR) is 82.3 cm³/mol. The Hall–Kier alpha value is -1.79. The molecular formula is C15H28N2O5. The van der Waals surface area contributed by atoms with Crippen LogP contribution in [-0.2, 0) is 19.1 Å². The van der Waals surface area contributed by atoms with Crippen LogP contribution in [0.4, 0.5) is 4.79 Å². The molecule has 0 bridgehead atoms. The van der Waals surface area contributed by atoms with Gasteiger partial charge in [-0.15, -0.1) is 0 Å². The molecule has 0 heterocycles. The lowest BCUT2D eigenvalue weighted by Gasteiger charge is -2.19. The van der Waals surface area contributed by atoms with Crippen molar-refractivity contribution in [3.05, 3.63) is 0 Å². The molecule has 0 aliphatic heterocycles. The molecule has 0 aromatic heterocycles. The van der Waals surface area contributed by atoms with Crippen LogP contribution in [0.3, 0.4) is 0 Å². The molecule has 7 nitrogen and oxygen atoms in total. The van der Waals surface area contributed by atoms with E-state index in [2.05, 4.69) is 10.6 Å². The summed E-state index contributed by atoms with van der Waals surface area (Å²) in [5, 5.41) is 5.16. The first kappa shape index (κ1) is 20.2. The van der Waals surface area contributed by atoms with Gasteiger partial charge < -0.3 is 20.1 Å². The minimum atomic E-state index is -0.499. The first-order chi connectivity index (χ1) is 10.2. The largest absolute Gasteiger partial charge is 0.465 e. The van der Waals surface area contributed by atoms with E-state index in [1.807, 2.05) is 20.8 Å². The van der Waals surface area contributed by atoms with Crippen molar-refractivity contribution in [1.29, 1.82) is 0 Å². The van der Waals surface area contributed by atoms with Crippen molar-refractivity contribution in [2.24, 2.45) is 0 Å². The Morgan fingerprint density at radius 3 is 2.27 bits per heavy atom. The molecule has 2 N–H and O–H groups in total. The molecule has 0 spiro atoms. The number of alkyl carbamates (subject to hydrolysis) is 1. The van der Waals surface area contributed by atoms with E-state index in [9.17, 15) is 14.4 Å². The average molecular weight is 316 g/mol. The van der Waals surface area contributed by atoms with Crippen molar-refractivity contribution in [3.8, 4) is 0 Å². The molecule has 0 saturated carbocycles. The number of unbranched alkanes of at least 4 members (excludes halogenated alkanes) is 2. The molecule has 0 atom stereocenters. The molecule has 7 heteroatoms. The molecule has 0 aromatic carbocycles. The number of ether oxygens (including phenoxy) is 2. The zero-order chi connectivity index (χ0) is 17.0. The van der Waals surface area contributed by atoms with Crippen LogP contribution in [0.5, 0.6) is 0 Å². The Morgan fingerprint density at radius 1 is 1.00 bits per heavy atom. The van der Waals surface area contributed by atoms with Gasteiger partial charge in [-0.1, -0.05) is 6.42 Å². The van der Waals surface area contributed by atoms with E-state index in [1.165, 1.54) is 0 Å². The summed E-state index contributed by atoms with van der Waals surface area (Å²) >= 11 is 0. The van der Waals surface area contributed by atoms with E-state index in [0.717, 1.165) is 12.8 Å². The molecule has 0 radical (unpaired) electrons. The molecule has 0 rings (SSSR count). The van der Waals surface area contributed by atoms with E-state index in [0.29, 0.717) is 26.0 Å². The van der Waals surface area contributed by atoms with Crippen LogP contribution >= 0.6 is 0 Å². The Balaban J connectivity index is 3.51. The average Bonchev–Trinajstić information content (AvgIpc) is 2.38. The highest BCUT2D eigenvalue weighted by molar-refractivity contribution is 5.81. The third-order valence-corrected chi connectivity index (χ3v) is 2.48. The molecule has 2 amide bonds. The number of carbonyl (C=O) groups excluding carboxylic acids is 3. The lowest BCUT2D eigenvalue weighted by atomic mass is 10.2. The summed E-state index contributed by atoms with van der Waals surface area (Å²) in [7, 11) is 0. The maximum atomic E-state index is 11.4. The van der Waals surface area contributed by atoms with Crippen LogP contribution < -0.4 is 10.6 Å². The topological polar surface area (TPSA) is 93.7 Å². The summed E-state index contributed by atoms with van der Waals surface area (Å²) in [4.78, 5) is 33.8. The maximum Gasteiger partial charge on any atom is 0.407 e. The number of hydrogen-bond donors (Lipinski definition) is 2. The molecule has 0 unspecified atom stereocenters. The number of nitrogens with one attached hydrogen (secondary N) is 2. The van der Waals surface area contributed by atoms with Gasteiger partial charge in [0, 0.05) is 13.0 Å². The zero-order valence-electron chi connectivity index (χ0n) is 14.0. The van der Waals surface area contributed by atoms with Gasteiger partial charge in [-0.2, -0.15) is 0 Å². The number of esters is 1. The van der Waals surface area contributed by atoms with Gasteiger partial charge in [0.25, 0.3) is 0 Å². The van der Waals surface area contributed by atoms with Gasteiger partial charge >= 0.3 is 12.1 Å². The van der Waals surface area contributed by atoms with Crippen molar-refractivity contribution < 1.29 is 23.9 Å². The Morgan fingerprint density at radius 2 is 1.68 bits per heavy atom. The molecule has 22 heavy (non-hydrogen) atoms. The molecule has 0 aliphatic rings. The van der Waals surface area contributed by atoms with E-state index in [4.69, 9.17) is 9.47 Å². The summed E-state index contributed by atoms with van der Waals surface area (Å²) in [6.45, 7) is 7.86. The van der Waals surface area contributed by atoms with Crippen molar-refractivity contribution in [3.63, 3.8) is 0 Å². The number of amides is 2. The highest BCUT2D eigenvalue weighted by Gasteiger charge is 2.15. The van der Waals surface area contributed by atoms with E-state index < -0.39 is 17.7 Å². The van der Waals surface area contributed by atoms with Gasteiger partial charge in [0.05, 0.1) is 6.61 Å². The van der Waals surface area contributed by atoms with Crippen LogP contribution in [-0.4, -0.2) is 43.3 Å². The van der Waals surface area contributed by atoms with Crippen molar-refractivity contribution >= 4 is 18.0 Å². The molecular weight excluding hydrogens is 288 g/mol. The van der Waals surface area contributed by atoms with Crippen LogP contribution in [0, 0.1) is 0 Å². The fraction of sp³-hybridized carbons (Fsp3) is 0.800. The highest BCUT2D eigenvalue weighted by Crippen LogP contribution is 2.06. The van der Waals surface area contributed by atoms with E-state index >= 15 is 0 Å². The molecule has 0 saturated heterocycles. The number of carbonyl (C=O) groups is 3. The van der Waals surface area contributed by atoms with E-state index in [1.54, 1.807) is 6.92 Å². The third-order valence-electron chi connectivity index (χ3n) is 2.48. The molecule has 0 fully saturated rings. The van der Waals surface area contributed by atoms with Crippen LogP contribution in [0.15, 0.2) is 0 Å². The molecule has 0 aliphatic carbocycles. The van der Waals surface area contributed by atoms with Crippen LogP contribution in [0.2, 0.25) is 0 Å². The van der Waals surface area contributed by atoms with Gasteiger partial charge in [-0.3, -0.25) is 9.59 Å². The maximum absolute atomic E-state index is 11.4. The Labute approximate surface area is 132 Å². The Kier molecular flexibility index (Phi) is 9.98. The Bertz CT molecular complexity index is 363. The van der Waals surface area contributed by atoms with Gasteiger partial charge in [0.15, 0.2) is 0 Å². The van der Waals surface area contributed by atoms with Crippen molar-refractivity contribution in [2.75, 3.05) is 19.7 Å². The summed E-state index contributed by atoms with van der Waals surface area (Å²) in [6.07, 6.45) is 2.20. The number of rotatable bonds is 9. The normalized spacial score (nSPS) is 10.7. The van der Waals surface area contributed by atoms with Crippen molar-refractivity contribution in [1.82, 2.24) is 10.6 Å². The fourth-order valence-corrected chi connectivity index (χ4v) is 1.56. The van der Waals surface area contributed by atoms with Crippen molar-refractivity contribution in [2.45, 2.75) is 59.0 Å². The third kappa shape index (κ3) is 13.2. The number of hydrogen-bond acceptors (Lipinski definition) is 5.